The maximum atomic E-state index is 10.3. The Morgan fingerprint density at radius 3 is 2.26 bits per heavy atom. The molecule has 0 amide bonds. The number of hydrogen-bond acceptors (Lipinski definition) is 2. The van der Waals surface area contributed by atoms with Gasteiger partial charge < -0.3 is 10.4 Å². The van der Waals surface area contributed by atoms with E-state index in [4.69, 9.17) is 23.2 Å². The molecule has 0 aliphatic rings. The molecule has 0 saturated heterocycles. The number of nitrogens with one attached hydrogen (secondary N) is 1. The first-order valence-electron chi connectivity index (χ1n) is 6.86. The minimum absolute atomic E-state index is 0.180. The molecule has 19 heavy (non-hydrogen) atoms. The number of halogens is 2. The van der Waals surface area contributed by atoms with Gasteiger partial charge in [0.1, 0.15) is 0 Å². The highest BCUT2D eigenvalue weighted by atomic mass is 35.5. The van der Waals surface area contributed by atoms with Crippen molar-refractivity contribution >= 4 is 23.2 Å². The average molecular weight is 304 g/mol. The summed E-state index contributed by atoms with van der Waals surface area (Å²) in [4.78, 5) is 0. The Balaban J connectivity index is 2.75. The molecule has 0 aromatic heterocycles. The van der Waals surface area contributed by atoms with Crippen molar-refractivity contribution in [2.24, 2.45) is 0 Å². The predicted molar refractivity (Wildman–Crippen MR) is 83.0 cm³/mol. The van der Waals surface area contributed by atoms with Gasteiger partial charge in [-0.25, -0.2) is 0 Å². The second-order valence-corrected chi connectivity index (χ2v) is 5.76. The largest absolute Gasteiger partial charge is 0.389 e. The predicted octanol–water partition coefficient (Wildman–Crippen LogP) is 4.59. The molecular weight excluding hydrogens is 281 g/mol. The Labute approximate surface area is 126 Å². The Bertz CT molecular complexity index is 405. The molecule has 0 saturated carbocycles. The van der Waals surface area contributed by atoms with Crippen molar-refractivity contribution in [1.82, 2.24) is 5.32 Å². The molecule has 0 fully saturated rings. The molecule has 1 atom stereocenters. The molecule has 0 radical (unpaired) electrons. The SMILES string of the molecule is CCC(NCC(O)(CC)CC)c1ccc(Cl)c(Cl)c1. The van der Waals surface area contributed by atoms with Crippen LogP contribution in [0.2, 0.25) is 10.0 Å². The molecule has 1 aromatic rings. The molecule has 0 heterocycles. The minimum atomic E-state index is -0.635. The Morgan fingerprint density at radius 2 is 1.79 bits per heavy atom. The van der Waals surface area contributed by atoms with Crippen molar-refractivity contribution in [3.05, 3.63) is 33.8 Å². The summed E-state index contributed by atoms with van der Waals surface area (Å²) < 4.78 is 0. The van der Waals surface area contributed by atoms with E-state index in [1.807, 2.05) is 32.0 Å². The summed E-state index contributed by atoms with van der Waals surface area (Å²) in [6.07, 6.45) is 2.42. The van der Waals surface area contributed by atoms with Gasteiger partial charge in [0.2, 0.25) is 0 Å². The summed E-state index contributed by atoms with van der Waals surface area (Å²) in [5, 5.41) is 14.9. The van der Waals surface area contributed by atoms with Crippen molar-refractivity contribution < 1.29 is 5.11 Å². The molecule has 1 unspecified atom stereocenters. The number of hydrogen-bond donors (Lipinski definition) is 2. The van der Waals surface area contributed by atoms with Crippen LogP contribution in [-0.2, 0) is 0 Å². The number of benzene rings is 1. The van der Waals surface area contributed by atoms with Crippen LogP contribution in [0.5, 0.6) is 0 Å². The fourth-order valence-electron chi connectivity index (χ4n) is 2.04. The molecule has 2 nitrogen and oxygen atoms in total. The van der Waals surface area contributed by atoms with Crippen LogP contribution in [-0.4, -0.2) is 17.3 Å². The third-order valence-corrected chi connectivity index (χ3v) is 4.49. The van der Waals surface area contributed by atoms with Gasteiger partial charge >= 0.3 is 0 Å². The van der Waals surface area contributed by atoms with Gasteiger partial charge in [-0.05, 0) is 37.0 Å². The lowest BCUT2D eigenvalue weighted by atomic mass is 9.96. The molecule has 4 heteroatoms. The first-order valence-corrected chi connectivity index (χ1v) is 7.62. The first-order chi connectivity index (χ1) is 8.95. The van der Waals surface area contributed by atoms with Crippen LogP contribution in [0.3, 0.4) is 0 Å². The lowest BCUT2D eigenvalue weighted by Gasteiger charge is -2.28. The van der Waals surface area contributed by atoms with E-state index in [0.717, 1.165) is 24.8 Å². The maximum Gasteiger partial charge on any atom is 0.0766 e. The van der Waals surface area contributed by atoms with Gasteiger partial charge in [0.25, 0.3) is 0 Å². The lowest BCUT2D eigenvalue weighted by molar-refractivity contribution is 0.0297. The Kier molecular flexibility index (Phi) is 6.61. The third-order valence-electron chi connectivity index (χ3n) is 3.75. The van der Waals surface area contributed by atoms with E-state index in [2.05, 4.69) is 12.2 Å². The fraction of sp³-hybridized carbons (Fsp3) is 0.600. The summed E-state index contributed by atoms with van der Waals surface area (Å²) in [6, 6.07) is 5.86. The molecule has 0 aliphatic heterocycles. The zero-order valence-electron chi connectivity index (χ0n) is 11.8. The van der Waals surface area contributed by atoms with Gasteiger partial charge in [-0.3, -0.25) is 0 Å². The molecule has 0 aliphatic carbocycles. The van der Waals surface area contributed by atoms with E-state index >= 15 is 0 Å². The summed E-state index contributed by atoms with van der Waals surface area (Å²) >= 11 is 12.0. The van der Waals surface area contributed by atoms with Crippen molar-refractivity contribution in [2.45, 2.75) is 51.7 Å². The summed E-state index contributed by atoms with van der Waals surface area (Å²) in [5.41, 5.74) is 0.468. The molecule has 1 rings (SSSR count). The molecule has 0 bridgehead atoms. The van der Waals surface area contributed by atoms with Gasteiger partial charge in [-0.1, -0.05) is 50.0 Å². The highest BCUT2D eigenvalue weighted by molar-refractivity contribution is 6.42. The van der Waals surface area contributed by atoms with Crippen LogP contribution >= 0.6 is 23.2 Å². The van der Waals surface area contributed by atoms with Gasteiger partial charge in [0.05, 0.1) is 15.6 Å². The van der Waals surface area contributed by atoms with E-state index in [1.54, 1.807) is 0 Å². The lowest BCUT2D eigenvalue weighted by Crippen LogP contribution is -2.40. The smallest absolute Gasteiger partial charge is 0.0766 e. The highest BCUT2D eigenvalue weighted by Crippen LogP contribution is 2.27. The van der Waals surface area contributed by atoms with E-state index in [9.17, 15) is 5.11 Å². The normalized spacial score (nSPS) is 13.6. The minimum Gasteiger partial charge on any atom is -0.389 e. The summed E-state index contributed by atoms with van der Waals surface area (Å²) in [7, 11) is 0. The van der Waals surface area contributed by atoms with Gasteiger partial charge in [-0.2, -0.15) is 0 Å². The molecule has 1 aromatic carbocycles. The van der Waals surface area contributed by atoms with Gasteiger partial charge in [-0.15, -0.1) is 0 Å². The molecule has 108 valence electrons. The molecular formula is C15H23Cl2NO. The van der Waals surface area contributed by atoms with Crippen molar-refractivity contribution in [3.63, 3.8) is 0 Å². The summed E-state index contributed by atoms with van der Waals surface area (Å²) in [6.45, 7) is 6.70. The zero-order valence-corrected chi connectivity index (χ0v) is 13.4. The Hall–Kier alpha value is -0.280. The standard InChI is InChI=1S/C15H23Cl2NO/c1-4-14(18-10-15(19,5-2)6-3)11-7-8-12(16)13(17)9-11/h7-9,14,18-19H,4-6,10H2,1-3H3. The van der Waals surface area contributed by atoms with Crippen LogP contribution in [0, 0.1) is 0 Å². The van der Waals surface area contributed by atoms with Crippen LogP contribution in [0.25, 0.3) is 0 Å². The van der Waals surface area contributed by atoms with Crippen LogP contribution < -0.4 is 5.32 Å². The third kappa shape index (κ3) is 4.64. The monoisotopic (exact) mass is 303 g/mol. The first kappa shape index (κ1) is 16.8. The van der Waals surface area contributed by atoms with E-state index in [1.165, 1.54) is 0 Å². The number of rotatable bonds is 7. The van der Waals surface area contributed by atoms with Gasteiger partial charge in [0.15, 0.2) is 0 Å². The average Bonchev–Trinajstić information content (AvgIpc) is 2.43. The van der Waals surface area contributed by atoms with E-state index < -0.39 is 5.60 Å². The van der Waals surface area contributed by atoms with Gasteiger partial charge in [0, 0.05) is 12.6 Å². The van der Waals surface area contributed by atoms with Crippen LogP contribution in [0.1, 0.15) is 51.6 Å². The summed E-state index contributed by atoms with van der Waals surface area (Å²) in [5.74, 6) is 0. The van der Waals surface area contributed by atoms with Crippen molar-refractivity contribution in [3.8, 4) is 0 Å². The number of aliphatic hydroxyl groups is 1. The van der Waals surface area contributed by atoms with Crippen LogP contribution in [0.15, 0.2) is 18.2 Å². The maximum absolute atomic E-state index is 10.3. The second kappa shape index (κ2) is 7.49. The second-order valence-electron chi connectivity index (χ2n) is 4.95. The highest BCUT2D eigenvalue weighted by Gasteiger charge is 2.23. The van der Waals surface area contributed by atoms with Crippen LogP contribution in [0.4, 0.5) is 0 Å². The van der Waals surface area contributed by atoms with Crippen molar-refractivity contribution in [2.75, 3.05) is 6.54 Å². The van der Waals surface area contributed by atoms with E-state index in [0.29, 0.717) is 16.6 Å². The zero-order chi connectivity index (χ0) is 14.5. The fourth-order valence-corrected chi connectivity index (χ4v) is 2.35. The van der Waals surface area contributed by atoms with E-state index in [-0.39, 0.29) is 6.04 Å². The molecule has 0 spiro atoms. The Morgan fingerprint density at radius 1 is 1.16 bits per heavy atom. The van der Waals surface area contributed by atoms with Crippen molar-refractivity contribution in [1.29, 1.82) is 0 Å². The topological polar surface area (TPSA) is 32.3 Å². The molecule has 2 N–H and O–H groups in total. The quantitative estimate of drug-likeness (QED) is 0.772.